The molecule has 2 fully saturated rings. The first-order valence-corrected chi connectivity index (χ1v) is 13.6. The van der Waals surface area contributed by atoms with Crippen molar-refractivity contribution >= 4 is 34.5 Å². The molecular weight excluding hydrogens is 517 g/mol. The second-order valence-electron chi connectivity index (χ2n) is 8.75. The molecule has 4 rings (SSSR count). The van der Waals surface area contributed by atoms with Crippen molar-refractivity contribution in [2.45, 2.75) is 68.4 Å². The van der Waals surface area contributed by atoms with Gasteiger partial charge in [-0.1, -0.05) is 109 Å². The molecule has 180 valence electrons. The Labute approximate surface area is 219 Å². The van der Waals surface area contributed by atoms with Crippen LogP contribution in [-0.2, 0) is 17.1 Å². The summed E-state index contributed by atoms with van der Waals surface area (Å²) in [6.07, 6.45) is 10.1. The third-order valence-electron chi connectivity index (χ3n) is 6.62. The first-order valence-electron chi connectivity index (χ1n) is 11.3. The largest absolute Gasteiger partial charge is 2.00 e. The average Bonchev–Trinajstić information content (AvgIpc) is 3.43. The maximum Gasteiger partial charge on any atom is 2.00 e. The molecule has 0 aromatic heterocycles. The van der Waals surface area contributed by atoms with Gasteiger partial charge in [0.1, 0.15) is 0 Å². The number of nitrogens with zero attached hydrogens (tertiary/aromatic N) is 1. The zero-order chi connectivity index (χ0) is 20.6. The van der Waals surface area contributed by atoms with Gasteiger partial charge in [0, 0.05) is 10.9 Å². The van der Waals surface area contributed by atoms with E-state index in [9.17, 15) is 0 Å². The fourth-order valence-corrected chi connectivity index (χ4v) is 9.39. The summed E-state index contributed by atoms with van der Waals surface area (Å²) in [6, 6.07) is 22.9. The normalized spacial score (nSPS) is 22.8. The van der Waals surface area contributed by atoms with E-state index < -0.39 is 0 Å². The van der Waals surface area contributed by atoms with Crippen molar-refractivity contribution in [3.8, 4) is 0 Å². The fourth-order valence-electron chi connectivity index (χ4n) is 4.82. The molecule has 0 heterocycles. The summed E-state index contributed by atoms with van der Waals surface area (Å²) in [5, 5.41) is 3.03. The van der Waals surface area contributed by atoms with Crippen molar-refractivity contribution in [3.63, 3.8) is 0 Å². The van der Waals surface area contributed by atoms with E-state index in [0.717, 1.165) is 5.66 Å². The monoisotopic (exact) mass is 559 g/mol. The van der Waals surface area contributed by atoms with Crippen molar-refractivity contribution in [2.75, 3.05) is 14.1 Å². The predicted molar refractivity (Wildman–Crippen MR) is 147 cm³/mol. The number of benzene rings is 2. The maximum absolute atomic E-state index is 4.01. The Morgan fingerprint density at radius 2 is 1.19 bits per heavy atom. The van der Waals surface area contributed by atoms with Gasteiger partial charge >= 0.3 is 17.1 Å². The number of alkyl halides is 1. The minimum Gasteiger partial charge on any atom is -0.358 e. The Hall–Kier alpha value is -0.171. The van der Waals surface area contributed by atoms with E-state index in [2.05, 4.69) is 103 Å². The van der Waals surface area contributed by atoms with Gasteiger partial charge < -0.3 is 19.8 Å². The zero-order valence-corrected chi connectivity index (χ0v) is 24.2. The van der Waals surface area contributed by atoms with Gasteiger partial charge in [0.15, 0.2) is 0 Å². The van der Waals surface area contributed by atoms with Gasteiger partial charge in [-0.2, -0.15) is 0 Å². The topological polar surface area (TPSA) is 3.24 Å². The number of halogens is 1. The Morgan fingerprint density at radius 3 is 1.56 bits per heavy atom. The molecule has 2 aromatic rings. The van der Waals surface area contributed by atoms with Crippen LogP contribution >= 0.6 is 23.9 Å². The van der Waals surface area contributed by atoms with Crippen LogP contribution in [0.15, 0.2) is 60.7 Å². The van der Waals surface area contributed by atoms with Crippen LogP contribution in [0.25, 0.3) is 0 Å². The van der Waals surface area contributed by atoms with Crippen molar-refractivity contribution in [1.82, 2.24) is 4.90 Å². The van der Waals surface area contributed by atoms with Gasteiger partial charge in [0.2, 0.25) is 0 Å². The Bertz CT molecular complexity index is 661. The minimum absolute atomic E-state index is 0. The van der Waals surface area contributed by atoms with Crippen LogP contribution < -0.4 is 10.6 Å². The molecule has 2 saturated carbocycles. The quantitative estimate of drug-likeness (QED) is 0.159. The number of hydrogen-bond acceptors (Lipinski definition) is 1. The van der Waals surface area contributed by atoms with E-state index in [1.54, 1.807) is 0 Å². The second kappa shape index (κ2) is 16.5. The van der Waals surface area contributed by atoms with Crippen molar-refractivity contribution in [2.24, 2.45) is 5.92 Å². The Kier molecular flexibility index (Phi) is 16.4. The molecule has 0 spiro atoms. The van der Waals surface area contributed by atoms with E-state index in [4.69, 9.17) is 0 Å². The van der Waals surface area contributed by atoms with Crippen LogP contribution in [0.1, 0.15) is 51.9 Å². The molecule has 1 nitrogen and oxygen atoms in total. The Morgan fingerprint density at radius 1 is 0.781 bits per heavy atom. The molecule has 2 aliphatic rings. The molecule has 0 bridgehead atoms. The van der Waals surface area contributed by atoms with Gasteiger partial charge in [-0.15, -0.1) is 0 Å². The maximum atomic E-state index is 4.01. The van der Waals surface area contributed by atoms with Crippen LogP contribution in [0.2, 0.25) is 0 Å². The van der Waals surface area contributed by atoms with Gasteiger partial charge in [0.05, 0.1) is 0 Å². The van der Waals surface area contributed by atoms with Gasteiger partial charge in [-0.3, -0.25) is 0 Å². The fraction of sp³-hybridized carbons (Fsp3) is 0.500. The molecule has 4 heteroatoms. The number of hydrogen-bond donors (Lipinski definition) is 0. The van der Waals surface area contributed by atoms with E-state index >= 15 is 0 Å². The van der Waals surface area contributed by atoms with E-state index in [-0.39, 0.29) is 39.8 Å². The smallest absolute Gasteiger partial charge is 0.358 e. The SMILES string of the molecule is C1CCCC1.C[C@H](C1C(Br)CCC1P(c1ccccc1)c1ccccc1)N(C)C.[CH3-].[CH3-].[Fe+2]. The molecule has 0 aliphatic heterocycles. The first-order chi connectivity index (χ1) is 14.1. The third-order valence-corrected chi connectivity index (χ3v) is 10.7. The molecule has 4 atom stereocenters. The predicted octanol–water partition coefficient (Wildman–Crippen LogP) is 7.46. The molecule has 0 radical (unpaired) electrons. The summed E-state index contributed by atoms with van der Waals surface area (Å²) in [6.45, 7) is 2.39. The van der Waals surface area contributed by atoms with Crippen molar-refractivity contribution in [1.29, 1.82) is 0 Å². The van der Waals surface area contributed by atoms with Crippen LogP contribution in [0, 0.1) is 20.8 Å². The van der Waals surface area contributed by atoms with Gasteiger partial charge in [-0.25, -0.2) is 0 Å². The molecular formula is C28H43BrFeNP. The van der Waals surface area contributed by atoms with Gasteiger partial charge in [-0.05, 0) is 64.0 Å². The van der Waals surface area contributed by atoms with E-state index in [1.807, 2.05) is 0 Å². The summed E-state index contributed by atoms with van der Waals surface area (Å²) >= 11 is 4.01. The summed E-state index contributed by atoms with van der Waals surface area (Å²) in [5.41, 5.74) is 0.728. The molecule has 0 amide bonds. The average molecular weight is 560 g/mol. The minimum atomic E-state index is -0.332. The summed E-state index contributed by atoms with van der Waals surface area (Å²) < 4.78 is 0. The molecule has 2 aliphatic carbocycles. The molecule has 3 unspecified atom stereocenters. The molecule has 32 heavy (non-hydrogen) atoms. The molecule has 0 N–H and O–H groups in total. The van der Waals surface area contributed by atoms with Gasteiger partial charge in [0.25, 0.3) is 0 Å². The van der Waals surface area contributed by atoms with Crippen LogP contribution in [-0.4, -0.2) is 35.5 Å². The second-order valence-corrected chi connectivity index (χ2v) is 12.4. The zero-order valence-electron chi connectivity index (χ0n) is 20.7. The van der Waals surface area contributed by atoms with Crippen molar-refractivity contribution in [3.05, 3.63) is 75.5 Å². The standard InChI is InChI=1S/C21H27BrNP.C5H10.2CH3.Fe/c1-16(23(2)3)21-19(22)14-15-20(21)24(17-10-6-4-7-11-17)18-12-8-5-9-13-18;1-2-4-5-3-1;;;/h4-13,16,19-21H,14-15H2,1-3H3;1-5H2;2*1H3;/q;;2*-1;+2/t16-,19?,20?,21?;;;;/m1..../s1. The summed E-state index contributed by atoms with van der Waals surface area (Å²) in [7, 11) is 4.10. The summed E-state index contributed by atoms with van der Waals surface area (Å²) in [5.74, 6) is 0.687. The van der Waals surface area contributed by atoms with Crippen molar-refractivity contribution < 1.29 is 17.1 Å². The molecule has 2 aromatic carbocycles. The third kappa shape index (κ3) is 8.56. The van der Waals surface area contributed by atoms with Crippen LogP contribution in [0.4, 0.5) is 0 Å². The first kappa shape index (κ1) is 31.8. The summed E-state index contributed by atoms with van der Waals surface area (Å²) in [4.78, 5) is 3.01. The molecule has 0 saturated heterocycles. The van der Waals surface area contributed by atoms with Crippen LogP contribution in [0.3, 0.4) is 0 Å². The van der Waals surface area contributed by atoms with Crippen LogP contribution in [0.5, 0.6) is 0 Å². The Balaban J connectivity index is 0.00000106. The number of rotatable bonds is 5. The van der Waals surface area contributed by atoms with E-state index in [1.165, 1.54) is 55.6 Å². The van der Waals surface area contributed by atoms with E-state index in [0.29, 0.717) is 16.8 Å².